The summed E-state index contributed by atoms with van der Waals surface area (Å²) < 4.78 is 2.72. The van der Waals surface area contributed by atoms with E-state index in [0.717, 1.165) is 8.95 Å². The molecule has 2 rings (SSSR count). The SMILES string of the molecule is Oc1c(Br)cc(Br)cc1-c1cc(Br)cc(Br)c1O. The first-order chi connectivity index (χ1) is 8.40. The van der Waals surface area contributed by atoms with E-state index in [4.69, 9.17) is 0 Å². The summed E-state index contributed by atoms with van der Waals surface area (Å²) in [5.41, 5.74) is 1.08. The molecule has 0 aromatic heterocycles. The van der Waals surface area contributed by atoms with Crippen LogP contribution in [0.25, 0.3) is 11.1 Å². The minimum atomic E-state index is 0.0819. The molecule has 0 atom stereocenters. The van der Waals surface area contributed by atoms with Gasteiger partial charge in [0.25, 0.3) is 0 Å². The molecule has 2 aromatic rings. The molecular weight excluding hydrogens is 496 g/mol. The molecule has 0 fully saturated rings. The third-order valence-corrected chi connectivity index (χ3v) is 4.47. The standard InChI is InChI=1S/C12H6Br4O2/c13-5-1-7(11(17)9(15)3-5)8-2-6(14)4-10(16)12(8)18/h1-4,17-18H. The summed E-state index contributed by atoms with van der Waals surface area (Å²) in [6.07, 6.45) is 0. The van der Waals surface area contributed by atoms with E-state index in [1.807, 2.05) is 0 Å². The van der Waals surface area contributed by atoms with E-state index in [9.17, 15) is 10.2 Å². The molecule has 0 saturated heterocycles. The lowest BCUT2D eigenvalue weighted by molar-refractivity contribution is 0.465. The van der Waals surface area contributed by atoms with Crippen molar-refractivity contribution < 1.29 is 10.2 Å². The fourth-order valence-corrected chi connectivity index (χ4v) is 3.99. The first-order valence-electron chi connectivity index (χ1n) is 4.76. The minimum Gasteiger partial charge on any atom is -0.506 e. The summed E-state index contributed by atoms with van der Waals surface area (Å²) in [7, 11) is 0. The maximum atomic E-state index is 10.1. The summed E-state index contributed by atoms with van der Waals surface area (Å²) in [5.74, 6) is 0.164. The number of halogens is 4. The fraction of sp³-hybridized carbons (Fsp3) is 0. The number of benzene rings is 2. The average Bonchev–Trinajstić information content (AvgIpc) is 2.28. The van der Waals surface area contributed by atoms with Crippen LogP contribution in [0.2, 0.25) is 0 Å². The van der Waals surface area contributed by atoms with E-state index in [1.165, 1.54) is 0 Å². The second-order valence-electron chi connectivity index (χ2n) is 3.57. The average molecular weight is 502 g/mol. The van der Waals surface area contributed by atoms with E-state index in [-0.39, 0.29) is 11.5 Å². The van der Waals surface area contributed by atoms with Gasteiger partial charge in [-0.3, -0.25) is 0 Å². The molecule has 0 heterocycles. The molecule has 0 aliphatic rings. The van der Waals surface area contributed by atoms with E-state index >= 15 is 0 Å². The third-order valence-electron chi connectivity index (χ3n) is 2.35. The predicted molar refractivity (Wildman–Crippen MR) is 86.0 cm³/mol. The molecule has 2 N–H and O–H groups in total. The summed E-state index contributed by atoms with van der Waals surface area (Å²) in [6, 6.07) is 6.97. The van der Waals surface area contributed by atoms with Gasteiger partial charge in [0.05, 0.1) is 8.95 Å². The van der Waals surface area contributed by atoms with Crippen molar-refractivity contribution in [3.8, 4) is 22.6 Å². The Morgan fingerprint density at radius 2 is 0.944 bits per heavy atom. The molecule has 0 aliphatic heterocycles. The molecule has 0 radical (unpaired) electrons. The third kappa shape index (κ3) is 2.76. The first kappa shape index (κ1) is 14.4. The van der Waals surface area contributed by atoms with Crippen molar-refractivity contribution in [2.45, 2.75) is 0 Å². The van der Waals surface area contributed by atoms with Gasteiger partial charge in [-0.2, -0.15) is 0 Å². The second-order valence-corrected chi connectivity index (χ2v) is 7.11. The number of phenols is 2. The van der Waals surface area contributed by atoms with E-state index < -0.39 is 0 Å². The lowest BCUT2D eigenvalue weighted by Gasteiger charge is -2.11. The van der Waals surface area contributed by atoms with E-state index in [1.54, 1.807) is 24.3 Å². The number of aromatic hydroxyl groups is 2. The van der Waals surface area contributed by atoms with E-state index in [2.05, 4.69) is 63.7 Å². The highest BCUT2D eigenvalue weighted by molar-refractivity contribution is 9.11. The van der Waals surface area contributed by atoms with Crippen molar-refractivity contribution in [1.82, 2.24) is 0 Å². The molecule has 94 valence electrons. The van der Waals surface area contributed by atoms with Gasteiger partial charge in [0.2, 0.25) is 0 Å². The van der Waals surface area contributed by atoms with Crippen molar-refractivity contribution in [2.24, 2.45) is 0 Å². The van der Waals surface area contributed by atoms with Crippen molar-refractivity contribution >= 4 is 63.7 Å². The highest BCUT2D eigenvalue weighted by Crippen LogP contribution is 2.44. The van der Waals surface area contributed by atoms with Crippen LogP contribution in [0.15, 0.2) is 42.2 Å². The van der Waals surface area contributed by atoms with Gasteiger partial charge in [0.15, 0.2) is 0 Å². The molecule has 18 heavy (non-hydrogen) atoms. The first-order valence-corrected chi connectivity index (χ1v) is 7.93. The molecule has 0 spiro atoms. The quantitative estimate of drug-likeness (QED) is 0.517. The normalized spacial score (nSPS) is 10.7. The van der Waals surface area contributed by atoms with Crippen LogP contribution in [-0.2, 0) is 0 Å². The van der Waals surface area contributed by atoms with Gasteiger partial charge >= 0.3 is 0 Å². The Kier molecular flexibility index (Phi) is 4.41. The Balaban J connectivity index is 2.77. The number of phenolic OH excluding ortho intramolecular Hbond substituents is 2. The van der Waals surface area contributed by atoms with Crippen LogP contribution in [0.3, 0.4) is 0 Å². The van der Waals surface area contributed by atoms with Crippen molar-refractivity contribution in [3.05, 3.63) is 42.2 Å². The maximum Gasteiger partial charge on any atom is 0.137 e. The maximum absolute atomic E-state index is 10.1. The topological polar surface area (TPSA) is 40.5 Å². The van der Waals surface area contributed by atoms with Crippen LogP contribution in [0.1, 0.15) is 0 Å². The van der Waals surface area contributed by atoms with Crippen LogP contribution < -0.4 is 0 Å². The molecular formula is C12H6Br4O2. The monoisotopic (exact) mass is 498 g/mol. The van der Waals surface area contributed by atoms with Crippen LogP contribution in [-0.4, -0.2) is 10.2 Å². The number of hydrogen-bond acceptors (Lipinski definition) is 2. The van der Waals surface area contributed by atoms with Gasteiger partial charge in [-0.05, 0) is 56.1 Å². The lowest BCUT2D eigenvalue weighted by atomic mass is 10.0. The highest BCUT2D eigenvalue weighted by Gasteiger charge is 2.15. The number of rotatable bonds is 1. The zero-order valence-electron chi connectivity index (χ0n) is 8.72. The van der Waals surface area contributed by atoms with Gasteiger partial charge in [-0.1, -0.05) is 31.9 Å². The molecule has 0 bridgehead atoms. The van der Waals surface area contributed by atoms with Crippen LogP contribution in [0.5, 0.6) is 11.5 Å². The Bertz CT molecular complexity index is 570. The Labute approximate surface area is 138 Å². The smallest absolute Gasteiger partial charge is 0.137 e. The summed E-state index contributed by atoms with van der Waals surface area (Å²) in [4.78, 5) is 0. The number of hydrogen-bond donors (Lipinski definition) is 2. The lowest BCUT2D eigenvalue weighted by Crippen LogP contribution is -1.84. The van der Waals surface area contributed by atoms with Gasteiger partial charge < -0.3 is 10.2 Å². The molecule has 0 aliphatic carbocycles. The Hall–Kier alpha value is -0.0400. The molecule has 6 heteroatoms. The molecule has 2 nitrogen and oxygen atoms in total. The molecule has 0 amide bonds. The summed E-state index contributed by atoms with van der Waals surface area (Å²) in [5, 5.41) is 20.1. The van der Waals surface area contributed by atoms with Gasteiger partial charge in [-0.15, -0.1) is 0 Å². The highest BCUT2D eigenvalue weighted by atomic mass is 79.9. The summed E-state index contributed by atoms with van der Waals surface area (Å²) >= 11 is 13.3. The van der Waals surface area contributed by atoms with Gasteiger partial charge in [0, 0.05) is 20.1 Å². The van der Waals surface area contributed by atoms with Crippen LogP contribution in [0, 0.1) is 0 Å². The van der Waals surface area contributed by atoms with Gasteiger partial charge in [0.1, 0.15) is 11.5 Å². The van der Waals surface area contributed by atoms with Crippen LogP contribution in [0.4, 0.5) is 0 Å². The minimum absolute atomic E-state index is 0.0819. The fourth-order valence-electron chi connectivity index (χ4n) is 1.54. The Morgan fingerprint density at radius 1 is 0.611 bits per heavy atom. The van der Waals surface area contributed by atoms with Gasteiger partial charge in [-0.25, -0.2) is 0 Å². The Morgan fingerprint density at radius 3 is 1.28 bits per heavy atom. The molecule has 0 unspecified atom stereocenters. The predicted octanol–water partition coefficient (Wildman–Crippen LogP) is 5.81. The zero-order valence-corrected chi connectivity index (χ0v) is 15.1. The van der Waals surface area contributed by atoms with Crippen molar-refractivity contribution in [2.75, 3.05) is 0 Å². The van der Waals surface area contributed by atoms with E-state index in [0.29, 0.717) is 20.1 Å². The largest absolute Gasteiger partial charge is 0.506 e. The summed E-state index contributed by atoms with van der Waals surface area (Å²) in [6.45, 7) is 0. The van der Waals surface area contributed by atoms with Crippen molar-refractivity contribution in [3.63, 3.8) is 0 Å². The van der Waals surface area contributed by atoms with Crippen molar-refractivity contribution in [1.29, 1.82) is 0 Å². The second kappa shape index (κ2) is 5.53. The zero-order chi connectivity index (χ0) is 13.4. The van der Waals surface area contributed by atoms with Crippen LogP contribution >= 0.6 is 63.7 Å². The molecule has 0 saturated carbocycles. The molecule has 2 aromatic carbocycles.